The number of nitrogens with two attached hydrogens (primary N) is 1. The fourth-order valence-corrected chi connectivity index (χ4v) is 1.57. The quantitative estimate of drug-likeness (QED) is 0.750. The van der Waals surface area contributed by atoms with E-state index in [1.54, 1.807) is 24.5 Å². The summed E-state index contributed by atoms with van der Waals surface area (Å²) in [6, 6.07) is 9.05. The minimum atomic E-state index is 0.292. The van der Waals surface area contributed by atoms with Gasteiger partial charge in [-0.3, -0.25) is 4.98 Å². The lowest BCUT2D eigenvalue weighted by Crippen LogP contribution is -2.06. The van der Waals surface area contributed by atoms with E-state index in [1.807, 2.05) is 18.2 Å². The molecule has 0 aliphatic heterocycles. The van der Waals surface area contributed by atoms with E-state index in [0.29, 0.717) is 11.4 Å². The summed E-state index contributed by atoms with van der Waals surface area (Å²) < 4.78 is 0. The van der Waals surface area contributed by atoms with Crippen molar-refractivity contribution in [1.29, 1.82) is 0 Å². The van der Waals surface area contributed by atoms with Gasteiger partial charge >= 0.3 is 0 Å². The predicted molar refractivity (Wildman–Crippen MR) is 68.9 cm³/mol. The molecule has 2 aromatic rings. The number of aromatic hydroxyl groups is 1. The molecule has 17 heavy (non-hydrogen) atoms. The SMILES string of the molecule is Nc1cnccc1NCCc1ccc(O)cc1. The van der Waals surface area contributed by atoms with Gasteiger partial charge in [0.2, 0.25) is 0 Å². The normalized spacial score (nSPS) is 10.1. The Morgan fingerprint density at radius 1 is 1.18 bits per heavy atom. The molecular formula is C13H15N3O. The van der Waals surface area contributed by atoms with Crippen LogP contribution in [-0.2, 0) is 6.42 Å². The summed E-state index contributed by atoms with van der Waals surface area (Å²) in [7, 11) is 0. The van der Waals surface area contributed by atoms with Crippen LogP contribution in [0.25, 0.3) is 0 Å². The Balaban J connectivity index is 1.88. The Morgan fingerprint density at radius 2 is 1.94 bits per heavy atom. The number of hydrogen-bond acceptors (Lipinski definition) is 4. The molecule has 0 saturated carbocycles. The molecule has 0 amide bonds. The number of nitrogens with one attached hydrogen (secondary N) is 1. The van der Waals surface area contributed by atoms with Crippen LogP contribution in [0.5, 0.6) is 5.75 Å². The molecule has 0 aliphatic rings. The summed E-state index contributed by atoms with van der Waals surface area (Å²) in [6.07, 6.45) is 4.21. The van der Waals surface area contributed by atoms with Gasteiger partial charge in [0.25, 0.3) is 0 Å². The average Bonchev–Trinajstić information content (AvgIpc) is 2.34. The molecule has 0 unspecified atom stereocenters. The number of phenolic OH excluding ortho intramolecular Hbond substituents is 1. The van der Waals surface area contributed by atoms with Crippen LogP contribution in [0.2, 0.25) is 0 Å². The number of nitrogen functional groups attached to an aromatic ring is 1. The Bertz CT molecular complexity index is 482. The molecule has 0 atom stereocenters. The fourth-order valence-electron chi connectivity index (χ4n) is 1.57. The zero-order chi connectivity index (χ0) is 12.1. The molecule has 2 rings (SSSR count). The number of phenols is 1. The van der Waals surface area contributed by atoms with Gasteiger partial charge in [0.1, 0.15) is 5.75 Å². The lowest BCUT2D eigenvalue weighted by molar-refractivity contribution is 0.475. The van der Waals surface area contributed by atoms with Gasteiger partial charge in [0.15, 0.2) is 0 Å². The molecule has 0 bridgehead atoms. The standard InChI is InChI=1S/C13H15N3O/c14-12-9-15-7-6-13(12)16-8-5-10-1-3-11(17)4-2-10/h1-4,6-7,9,17H,5,8,14H2,(H,15,16). The van der Waals surface area contributed by atoms with Crippen LogP contribution in [-0.4, -0.2) is 16.6 Å². The summed E-state index contributed by atoms with van der Waals surface area (Å²) in [4.78, 5) is 3.93. The molecule has 88 valence electrons. The summed E-state index contributed by atoms with van der Waals surface area (Å²) in [5.74, 6) is 0.292. The topological polar surface area (TPSA) is 71.2 Å². The summed E-state index contributed by atoms with van der Waals surface area (Å²) in [6.45, 7) is 0.791. The van der Waals surface area contributed by atoms with E-state index in [1.165, 1.54) is 5.56 Å². The number of rotatable bonds is 4. The maximum absolute atomic E-state index is 9.16. The molecule has 4 nitrogen and oxygen atoms in total. The third-order valence-corrected chi connectivity index (χ3v) is 2.52. The van der Waals surface area contributed by atoms with Crippen molar-refractivity contribution in [2.24, 2.45) is 0 Å². The van der Waals surface area contributed by atoms with E-state index >= 15 is 0 Å². The van der Waals surface area contributed by atoms with Gasteiger partial charge in [0.05, 0.1) is 17.6 Å². The molecule has 4 N–H and O–H groups in total. The maximum atomic E-state index is 9.16. The first kappa shape index (κ1) is 11.3. The van der Waals surface area contributed by atoms with Crippen LogP contribution in [0.1, 0.15) is 5.56 Å². The lowest BCUT2D eigenvalue weighted by Gasteiger charge is -2.08. The highest BCUT2D eigenvalue weighted by Crippen LogP contribution is 2.15. The Kier molecular flexibility index (Phi) is 3.45. The fraction of sp³-hybridized carbons (Fsp3) is 0.154. The van der Waals surface area contributed by atoms with Gasteiger partial charge in [-0.2, -0.15) is 0 Å². The highest BCUT2D eigenvalue weighted by Gasteiger charge is 1.97. The zero-order valence-electron chi connectivity index (χ0n) is 9.43. The smallest absolute Gasteiger partial charge is 0.115 e. The van der Waals surface area contributed by atoms with Gasteiger partial charge in [-0.05, 0) is 30.2 Å². The Hall–Kier alpha value is -2.23. The first-order valence-electron chi connectivity index (χ1n) is 5.47. The number of aromatic nitrogens is 1. The molecule has 4 heteroatoms. The second-order valence-electron chi connectivity index (χ2n) is 3.81. The minimum absolute atomic E-state index is 0.292. The molecule has 0 spiro atoms. The lowest BCUT2D eigenvalue weighted by atomic mass is 10.1. The van der Waals surface area contributed by atoms with Crippen molar-refractivity contribution in [3.05, 3.63) is 48.3 Å². The van der Waals surface area contributed by atoms with Gasteiger partial charge < -0.3 is 16.2 Å². The second kappa shape index (κ2) is 5.21. The monoisotopic (exact) mass is 229 g/mol. The molecule has 0 aliphatic carbocycles. The van der Waals surface area contributed by atoms with Crippen molar-refractivity contribution in [2.75, 3.05) is 17.6 Å². The van der Waals surface area contributed by atoms with Gasteiger partial charge in [0, 0.05) is 12.7 Å². The molecule has 1 heterocycles. The van der Waals surface area contributed by atoms with E-state index in [2.05, 4.69) is 10.3 Å². The number of benzene rings is 1. The molecule has 1 aromatic carbocycles. The Labute approximate surface area is 100 Å². The van der Waals surface area contributed by atoms with Crippen LogP contribution in [0.3, 0.4) is 0 Å². The third kappa shape index (κ3) is 3.11. The van der Waals surface area contributed by atoms with Crippen molar-refractivity contribution in [3.8, 4) is 5.75 Å². The molecule has 0 radical (unpaired) electrons. The number of anilines is 2. The van der Waals surface area contributed by atoms with Crippen LogP contribution in [0.4, 0.5) is 11.4 Å². The molecule has 0 saturated heterocycles. The van der Waals surface area contributed by atoms with Crippen molar-refractivity contribution in [2.45, 2.75) is 6.42 Å². The van der Waals surface area contributed by atoms with Gasteiger partial charge in [-0.15, -0.1) is 0 Å². The van der Waals surface area contributed by atoms with Gasteiger partial charge in [-0.1, -0.05) is 12.1 Å². The number of hydrogen-bond donors (Lipinski definition) is 3. The second-order valence-corrected chi connectivity index (χ2v) is 3.81. The maximum Gasteiger partial charge on any atom is 0.115 e. The van der Waals surface area contributed by atoms with Gasteiger partial charge in [-0.25, -0.2) is 0 Å². The minimum Gasteiger partial charge on any atom is -0.508 e. The predicted octanol–water partition coefficient (Wildman–Crippen LogP) is 2.02. The first-order valence-corrected chi connectivity index (χ1v) is 5.47. The van der Waals surface area contributed by atoms with Crippen LogP contribution < -0.4 is 11.1 Å². The molecule has 1 aromatic heterocycles. The van der Waals surface area contributed by atoms with Crippen molar-refractivity contribution in [1.82, 2.24) is 4.98 Å². The molecule has 0 fully saturated rings. The van der Waals surface area contributed by atoms with E-state index in [0.717, 1.165) is 18.7 Å². The van der Waals surface area contributed by atoms with Crippen molar-refractivity contribution < 1.29 is 5.11 Å². The number of nitrogens with zero attached hydrogens (tertiary/aromatic N) is 1. The van der Waals surface area contributed by atoms with Crippen molar-refractivity contribution >= 4 is 11.4 Å². The summed E-state index contributed by atoms with van der Waals surface area (Å²) in [5.41, 5.74) is 8.48. The first-order chi connectivity index (χ1) is 8.25. The summed E-state index contributed by atoms with van der Waals surface area (Å²) >= 11 is 0. The van der Waals surface area contributed by atoms with Crippen LogP contribution >= 0.6 is 0 Å². The van der Waals surface area contributed by atoms with Crippen molar-refractivity contribution in [3.63, 3.8) is 0 Å². The highest BCUT2D eigenvalue weighted by atomic mass is 16.3. The van der Waals surface area contributed by atoms with E-state index in [-0.39, 0.29) is 0 Å². The number of pyridine rings is 1. The van der Waals surface area contributed by atoms with E-state index in [9.17, 15) is 0 Å². The highest BCUT2D eigenvalue weighted by molar-refractivity contribution is 5.64. The average molecular weight is 229 g/mol. The van der Waals surface area contributed by atoms with Crippen LogP contribution in [0.15, 0.2) is 42.7 Å². The third-order valence-electron chi connectivity index (χ3n) is 2.52. The summed E-state index contributed by atoms with van der Waals surface area (Å²) in [5, 5.41) is 12.4. The van der Waals surface area contributed by atoms with E-state index < -0.39 is 0 Å². The molecular weight excluding hydrogens is 214 g/mol. The Morgan fingerprint density at radius 3 is 2.65 bits per heavy atom. The van der Waals surface area contributed by atoms with Crippen LogP contribution in [0, 0.1) is 0 Å². The zero-order valence-corrected chi connectivity index (χ0v) is 9.43. The van der Waals surface area contributed by atoms with E-state index in [4.69, 9.17) is 10.8 Å². The largest absolute Gasteiger partial charge is 0.508 e.